The largest absolute Gasteiger partial charge is 0.314 e. The molecule has 0 radical (unpaired) electrons. The molecule has 1 saturated heterocycles. The van der Waals surface area contributed by atoms with Crippen LogP contribution in [-0.4, -0.2) is 24.7 Å². The minimum Gasteiger partial charge on any atom is -0.314 e. The van der Waals surface area contributed by atoms with Gasteiger partial charge < -0.3 is 10.6 Å². The zero-order chi connectivity index (χ0) is 13.0. The molecule has 2 fully saturated rings. The van der Waals surface area contributed by atoms with Crippen molar-refractivity contribution in [3.05, 3.63) is 0 Å². The van der Waals surface area contributed by atoms with Gasteiger partial charge in [0.25, 0.3) is 0 Å². The second-order valence-corrected chi connectivity index (χ2v) is 7.24. The minimum absolute atomic E-state index is 0.505. The average molecular weight is 252 g/mol. The molecule has 0 aromatic rings. The second-order valence-electron chi connectivity index (χ2n) is 7.24. The molecule has 2 nitrogen and oxygen atoms in total. The van der Waals surface area contributed by atoms with Crippen LogP contribution in [0.4, 0.5) is 0 Å². The van der Waals surface area contributed by atoms with Crippen LogP contribution in [0.2, 0.25) is 0 Å². The highest BCUT2D eigenvalue weighted by Crippen LogP contribution is 2.37. The van der Waals surface area contributed by atoms with Gasteiger partial charge in [-0.25, -0.2) is 0 Å². The van der Waals surface area contributed by atoms with E-state index < -0.39 is 0 Å². The van der Waals surface area contributed by atoms with E-state index in [4.69, 9.17) is 0 Å². The summed E-state index contributed by atoms with van der Waals surface area (Å²) in [5.74, 6) is 0. The van der Waals surface area contributed by atoms with Gasteiger partial charge in [-0.05, 0) is 51.0 Å². The van der Waals surface area contributed by atoms with E-state index in [1.165, 1.54) is 57.9 Å². The normalized spacial score (nSPS) is 34.2. The van der Waals surface area contributed by atoms with Gasteiger partial charge in [-0.3, -0.25) is 0 Å². The highest BCUT2D eigenvalue weighted by molar-refractivity contribution is 4.92. The number of nitrogens with one attached hydrogen (secondary N) is 2. The topological polar surface area (TPSA) is 24.1 Å². The quantitative estimate of drug-likeness (QED) is 0.800. The van der Waals surface area contributed by atoms with E-state index in [1.807, 2.05) is 0 Å². The van der Waals surface area contributed by atoms with Gasteiger partial charge in [0, 0.05) is 18.1 Å². The molecule has 0 aromatic carbocycles. The summed E-state index contributed by atoms with van der Waals surface area (Å²) in [6.45, 7) is 8.45. The van der Waals surface area contributed by atoms with Crippen LogP contribution in [0.3, 0.4) is 0 Å². The summed E-state index contributed by atoms with van der Waals surface area (Å²) in [7, 11) is 0. The van der Waals surface area contributed by atoms with Crippen LogP contribution in [0, 0.1) is 5.41 Å². The van der Waals surface area contributed by atoms with E-state index in [-0.39, 0.29) is 0 Å². The molecular formula is C16H32N2. The molecule has 0 spiro atoms. The molecule has 1 aliphatic heterocycles. The predicted molar refractivity (Wildman–Crippen MR) is 78.9 cm³/mol. The van der Waals surface area contributed by atoms with Crippen molar-refractivity contribution in [3.8, 4) is 0 Å². The first-order valence-corrected chi connectivity index (χ1v) is 8.07. The Hall–Kier alpha value is -0.0800. The summed E-state index contributed by atoms with van der Waals surface area (Å²) in [5.41, 5.74) is 0.505. The summed E-state index contributed by atoms with van der Waals surface area (Å²) in [6, 6.07) is 2.14. The van der Waals surface area contributed by atoms with Gasteiger partial charge in [-0.15, -0.1) is 0 Å². The lowest BCUT2D eigenvalue weighted by Crippen LogP contribution is -2.45. The molecule has 0 aromatic heterocycles. The molecule has 2 heteroatoms. The molecule has 106 valence electrons. The van der Waals surface area contributed by atoms with Gasteiger partial charge in [-0.2, -0.15) is 0 Å². The van der Waals surface area contributed by atoms with Crippen LogP contribution in [0.5, 0.6) is 0 Å². The Balaban J connectivity index is 1.75. The second kappa shape index (κ2) is 6.38. The average Bonchev–Trinajstić information content (AvgIpc) is 2.54. The molecule has 0 bridgehead atoms. The van der Waals surface area contributed by atoms with Crippen LogP contribution in [0.25, 0.3) is 0 Å². The lowest BCUT2D eigenvalue weighted by atomic mass is 9.86. The van der Waals surface area contributed by atoms with Crippen molar-refractivity contribution >= 4 is 0 Å². The van der Waals surface area contributed by atoms with Crippen LogP contribution < -0.4 is 10.6 Å². The lowest BCUT2D eigenvalue weighted by molar-refractivity contribution is 0.253. The Morgan fingerprint density at radius 3 is 2.72 bits per heavy atom. The summed E-state index contributed by atoms with van der Waals surface area (Å²) < 4.78 is 0. The van der Waals surface area contributed by atoms with Crippen molar-refractivity contribution in [1.29, 1.82) is 0 Å². The highest BCUT2D eigenvalue weighted by atomic mass is 15.0. The Morgan fingerprint density at radius 1 is 1.17 bits per heavy atom. The maximum atomic E-state index is 3.90. The van der Waals surface area contributed by atoms with Crippen molar-refractivity contribution in [2.45, 2.75) is 90.3 Å². The molecule has 1 heterocycles. The van der Waals surface area contributed by atoms with E-state index in [2.05, 4.69) is 31.4 Å². The minimum atomic E-state index is 0.505. The molecule has 3 atom stereocenters. The highest BCUT2D eigenvalue weighted by Gasteiger charge is 2.35. The summed E-state index contributed by atoms with van der Waals surface area (Å²) in [4.78, 5) is 0. The fourth-order valence-corrected chi connectivity index (χ4v) is 3.78. The summed E-state index contributed by atoms with van der Waals surface area (Å²) in [6.07, 6.45) is 11.0. The van der Waals surface area contributed by atoms with Gasteiger partial charge in [0.15, 0.2) is 0 Å². The van der Waals surface area contributed by atoms with Crippen molar-refractivity contribution in [2.75, 3.05) is 6.54 Å². The Labute approximate surface area is 113 Å². The standard InChI is InChI=1S/C16H32N2/c1-13(12-14-8-5-4-6-11-17-14)18-15-9-7-10-16(15,2)3/h13-15,17-18H,4-12H2,1-3H3. The van der Waals surface area contributed by atoms with Gasteiger partial charge >= 0.3 is 0 Å². The van der Waals surface area contributed by atoms with Gasteiger partial charge in [0.1, 0.15) is 0 Å². The van der Waals surface area contributed by atoms with E-state index in [0.29, 0.717) is 11.5 Å². The lowest BCUT2D eigenvalue weighted by Gasteiger charge is -2.32. The maximum absolute atomic E-state index is 3.90. The fraction of sp³-hybridized carbons (Fsp3) is 1.00. The van der Waals surface area contributed by atoms with Crippen LogP contribution in [0.1, 0.15) is 72.1 Å². The molecule has 2 rings (SSSR count). The van der Waals surface area contributed by atoms with Crippen molar-refractivity contribution in [2.24, 2.45) is 5.41 Å². The SMILES string of the molecule is CC(CC1CCCCCN1)NC1CCCC1(C)C. The monoisotopic (exact) mass is 252 g/mol. The molecule has 2 N–H and O–H groups in total. The number of rotatable bonds is 4. The van der Waals surface area contributed by atoms with E-state index in [9.17, 15) is 0 Å². The molecule has 3 unspecified atom stereocenters. The third-order valence-corrected chi connectivity index (χ3v) is 5.04. The van der Waals surface area contributed by atoms with Crippen LogP contribution in [-0.2, 0) is 0 Å². The van der Waals surface area contributed by atoms with Crippen LogP contribution >= 0.6 is 0 Å². The first-order chi connectivity index (χ1) is 8.58. The first-order valence-electron chi connectivity index (χ1n) is 8.07. The van der Waals surface area contributed by atoms with E-state index in [0.717, 1.165) is 12.1 Å². The molecular weight excluding hydrogens is 220 g/mol. The van der Waals surface area contributed by atoms with Crippen molar-refractivity contribution in [1.82, 2.24) is 10.6 Å². The van der Waals surface area contributed by atoms with Crippen molar-refractivity contribution < 1.29 is 0 Å². The van der Waals surface area contributed by atoms with E-state index >= 15 is 0 Å². The maximum Gasteiger partial charge on any atom is 0.0121 e. The molecule has 0 amide bonds. The van der Waals surface area contributed by atoms with E-state index in [1.54, 1.807) is 0 Å². The molecule has 18 heavy (non-hydrogen) atoms. The summed E-state index contributed by atoms with van der Waals surface area (Å²) >= 11 is 0. The van der Waals surface area contributed by atoms with Gasteiger partial charge in [-0.1, -0.05) is 33.1 Å². The molecule has 1 saturated carbocycles. The molecule has 1 aliphatic carbocycles. The Morgan fingerprint density at radius 2 is 2.00 bits per heavy atom. The number of hydrogen-bond acceptors (Lipinski definition) is 2. The summed E-state index contributed by atoms with van der Waals surface area (Å²) in [5, 5.41) is 7.61. The third-order valence-electron chi connectivity index (χ3n) is 5.04. The third kappa shape index (κ3) is 3.96. The zero-order valence-corrected chi connectivity index (χ0v) is 12.6. The first kappa shape index (κ1) is 14.3. The predicted octanol–water partition coefficient (Wildman–Crippen LogP) is 3.47. The zero-order valence-electron chi connectivity index (χ0n) is 12.6. The number of hydrogen-bond donors (Lipinski definition) is 2. The van der Waals surface area contributed by atoms with Gasteiger partial charge in [0.2, 0.25) is 0 Å². The Bertz CT molecular complexity index is 241. The van der Waals surface area contributed by atoms with Crippen molar-refractivity contribution in [3.63, 3.8) is 0 Å². The fourth-order valence-electron chi connectivity index (χ4n) is 3.78. The Kier molecular flexibility index (Phi) is 5.08. The molecule has 2 aliphatic rings. The van der Waals surface area contributed by atoms with Gasteiger partial charge in [0.05, 0.1) is 0 Å². The van der Waals surface area contributed by atoms with Crippen LogP contribution in [0.15, 0.2) is 0 Å². The smallest absolute Gasteiger partial charge is 0.0121 e.